The Morgan fingerprint density at radius 3 is 2.93 bits per heavy atom. The van der Waals surface area contributed by atoms with Crippen molar-refractivity contribution in [1.82, 2.24) is 5.43 Å². The lowest BCUT2D eigenvalue weighted by Gasteiger charge is -2.15. The van der Waals surface area contributed by atoms with E-state index in [9.17, 15) is 4.79 Å². The van der Waals surface area contributed by atoms with Crippen LogP contribution in [0.25, 0.3) is 0 Å². The summed E-state index contributed by atoms with van der Waals surface area (Å²) in [6.07, 6.45) is 0.0135. The smallest absolute Gasteiger partial charge is 0.274 e. The van der Waals surface area contributed by atoms with E-state index in [4.69, 9.17) is 10.6 Å². The minimum atomic E-state index is -0.552. The Morgan fingerprint density at radius 1 is 1.67 bits per heavy atom. The largest absolute Gasteiger partial charge is 0.481 e. The summed E-state index contributed by atoms with van der Waals surface area (Å²) < 4.78 is 6.38. The molecule has 1 aromatic rings. The van der Waals surface area contributed by atoms with Gasteiger partial charge in [-0.1, -0.05) is 28.9 Å². The number of rotatable bonds is 4. The lowest BCUT2D eigenvalue weighted by atomic mass is 10.2. The van der Waals surface area contributed by atoms with Crippen molar-refractivity contribution in [3.63, 3.8) is 0 Å². The van der Waals surface area contributed by atoms with Crippen molar-refractivity contribution in [2.45, 2.75) is 19.4 Å². The van der Waals surface area contributed by atoms with Gasteiger partial charge in [0.2, 0.25) is 0 Å². The van der Waals surface area contributed by atoms with Gasteiger partial charge in [-0.15, -0.1) is 0 Å². The second kappa shape index (κ2) is 5.72. The van der Waals surface area contributed by atoms with Crippen LogP contribution in [0.4, 0.5) is 0 Å². The molecule has 0 bridgehead atoms. The Hall–Kier alpha value is -1.07. The highest BCUT2D eigenvalue weighted by molar-refractivity contribution is 9.10. The fraction of sp³-hybridized carbons (Fsp3) is 0.300. The molecule has 1 unspecified atom stereocenters. The minimum Gasteiger partial charge on any atom is -0.481 e. The molecule has 82 valence electrons. The molecule has 4 nitrogen and oxygen atoms in total. The first kappa shape index (κ1) is 12.0. The monoisotopic (exact) mass is 272 g/mol. The number of ether oxygens (including phenoxy) is 1. The zero-order valence-electron chi connectivity index (χ0n) is 8.37. The van der Waals surface area contributed by atoms with Gasteiger partial charge in [-0.2, -0.15) is 0 Å². The molecule has 1 rings (SSSR count). The summed E-state index contributed by atoms with van der Waals surface area (Å²) in [6, 6.07) is 7.31. The normalized spacial score (nSPS) is 11.9. The van der Waals surface area contributed by atoms with Gasteiger partial charge in [-0.3, -0.25) is 10.2 Å². The van der Waals surface area contributed by atoms with Crippen LogP contribution in [0.5, 0.6) is 5.75 Å². The number of carbonyl (C=O) groups is 1. The first-order chi connectivity index (χ1) is 7.17. The molecule has 1 amide bonds. The van der Waals surface area contributed by atoms with E-state index in [1.165, 1.54) is 0 Å². The molecule has 1 aromatic carbocycles. The number of nitrogens with one attached hydrogen (secondary N) is 1. The van der Waals surface area contributed by atoms with Crippen LogP contribution in [0.15, 0.2) is 28.7 Å². The average molecular weight is 273 g/mol. The fourth-order valence-corrected chi connectivity index (χ4v) is 1.50. The van der Waals surface area contributed by atoms with Crippen molar-refractivity contribution in [3.8, 4) is 5.75 Å². The van der Waals surface area contributed by atoms with Gasteiger partial charge in [-0.25, -0.2) is 5.84 Å². The maximum Gasteiger partial charge on any atom is 0.274 e. The van der Waals surface area contributed by atoms with E-state index in [2.05, 4.69) is 21.4 Å². The van der Waals surface area contributed by atoms with Crippen molar-refractivity contribution in [2.24, 2.45) is 5.84 Å². The van der Waals surface area contributed by atoms with Crippen LogP contribution in [0.1, 0.15) is 13.3 Å². The van der Waals surface area contributed by atoms with Gasteiger partial charge in [-0.05, 0) is 24.6 Å². The molecule has 0 aliphatic rings. The third kappa shape index (κ3) is 3.53. The molecule has 0 aliphatic heterocycles. The molecule has 0 aliphatic carbocycles. The number of nitrogens with two attached hydrogens (primary N) is 1. The van der Waals surface area contributed by atoms with Crippen molar-refractivity contribution < 1.29 is 9.53 Å². The molecule has 0 saturated heterocycles. The third-order valence-corrected chi connectivity index (χ3v) is 2.37. The molecule has 0 fully saturated rings. The summed E-state index contributed by atoms with van der Waals surface area (Å²) in [5.74, 6) is 5.36. The fourth-order valence-electron chi connectivity index (χ4n) is 1.12. The van der Waals surface area contributed by atoms with Gasteiger partial charge in [0.05, 0.1) is 0 Å². The average Bonchev–Trinajstić information content (AvgIpc) is 2.25. The number of amides is 1. The first-order valence-electron chi connectivity index (χ1n) is 4.60. The van der Waals surface area contributed by atoms with Crippen molar-refractivity contribution in [2.75, 3.05) is 0 Å². The SMILES string of the molecule is CCC(Oc1cccc(Br)c1)C(=O)NN. The molecular formula is C10H13BrN2O2. The van der Waals surface area contributed by atoms with E-state index >= 15 is 0 Å². The second-order valence-electron chi connectivity index (χ2n) is 2.98. The molecular weight excluding hydrogens is 260 g/mol. The van der Waals surface area contributed by atoms with E-state index in [1.54, 1.807) is 12.1 Å². The summed E-state index contributed by atoms with van der Waals surface area (Å²) in [5.41, 5.74) is 2.08. The van der Waals surface area contributed by atoms with Crippen LogP contribution in [0, 0.1) is 0 Å². The summed E-state index contributed by atoms with van der Waals surface area (Å²) in [7, 11) is 0. The minimum absolute atomic E-state index is 0.322. The van der Waals surface area contributed by atoms with Crippen molar-refractivity contribution >= 4 is 21.8 Å². The topological polar surface area (TPSA) is 64.3 Å². The predicted molar refractivity (Wildman–Crippen MR) is 61.2 cm³/mol. The number of hydrogen-bond donors (Lipinski definition) is 2. The predicted octanol–water partition coefficient (Wildman–Crippen LogP) is 1.60. The van der Waals surface area contributed by atoms with E-state index in [0.717, 1.165) is 4.47 Å². The van der Waals surface area contributed by atoms with Crippen LogP contribution in [0.3, 0.4) is 0 Å². The number of carbonyl (C=O) groups excluding carboxylic acids is 1. The van der Waals surface area contributed by atoms with Crippen LogP contribution in [-0.2, 0) is 4.79 Å². The Balaban J connectivity index is 2.70. The van der Waals surface area contributed by atoms with E-state index < -0.39 is 6.10 Å². The molecule has 3 N–H and O–H groups in total. The van der Waals surface area contributed by atoms with E-state index in [0.29, 0.717) is 12.2 Å². The number of benzene rings is 1. The van der Waals surface area contributed by atoms with Crippen LogP contribution < -0.4 is 16.0 Å². The van der Waals surface area contributed by atoms with Crippen molar-refractivity contribution in [3.05, 3.63) is 28.7 Å². The molecule has 5 heteroatoms. The molecule has 0 saturated carbocycles. The number of halogens is 1. The Labute approximate surface area is 96.9 Å². The summed E-state index contributed by atoms with van der Waals surface area (Å²) >= 11 is 3.32. The van der Waals surface area contributed by atoms with E-state index in [-0.39, 0.29) is 5.91 Å². The molecule has 1 atom stereocenters. The maximum atomic E-state index is 11.3. The Bertz CT molecular complexity index is 344. The zero-order chi connectivity index (χ0) is 11.3. The molecule has 0 radical (unpaired) electrons. The molecule has 15 heavy (non-hydrogen) atoms. The highest BCUT2D eigenvalue weighted by Gasteiger charge is 2.16. The Morgan fingerprint density at radius 2 is 2.40 bits per heavy atom. The molecule has 0 heterocycles. The van der Waals surface area contributed by atoms with Gasteiger partial charge in [0.1, 0.15) is 5.75 Å². The highest BCUT2D eigenvalue weighted by atomic mass is 79.9. The number of hydrazine groups is 1. The van der Waals surface area contributed by atoms with Crippen LogP contribution in [0.2, 0.25) is 0 Å². The van der Waals surface area contributed by atoms with Crippen LogP contribution in [-0.4, -0.2) is 12.0 Å². The quantitative estimate of drug-likeness (QED) is 0.497. The van der Waals surface area contributed by atoms with Gasteiger partial charge >= 0.3 is 0 Å². The van der Waals surface area contributed by atoms with Crippen molar-refractivity contribution in [1.29, 1.82) is 0 Å². The van der Waals surface area contributed by atoms with Gasteiger partial charge in [0, 0.05) is 4.47 Å². The Kier molecular flexibility index (Phi) is 4.58. The third-order valence-electron chi connectivity index (χ3n) is 1.88. The maximum absolute atomic E-state index is 11.3. The summed E-state index contributed by atoms with van der Waals surface area (Å²) in [6.45, 7) is 1.86. The van der Waals surface area contributed by atoms with Gasteiger partial charge in [0.25, 0.3) is 5.91 Å². The van der Waals surface area contributed by atoms with Crippen LogP contribution >= 0.6 is 15.9 Å². The summed E-state index contributed by atoms with van der Waals surface area (Å²) in [4.78, 5) is 11.3. The lowest BCUT2D eigenvalue weighted by Crippen LogP contribution is -2.41. The van der Waals surface area contributed by atoms with Gasteiger partial charge in [0.15, 0.2) is 6.10 Å². The van der Waals surface area contributed by atoms with Gasteiger partial charge < -0.3 is 4.74 Å². The first-order valence-corrected chi connectivity index (χ1v) is 5.39. The zero-order valence-corrected chi connectivity index (χ0v) is 9.95. The summed E-state index contributed by atoms with van der Waals surface area (Å²) in [5, 5.41) is 0. The van der Waals surface area contributed by atoms with E-state index in [1.807, 2.05) is 19.1 Å². The second-order valence-corrected chi connectivity index (χ2v) is 3.90. The molecule has 0 aromatic heterocycles. The molecule has 0 spiro atoms. The number of hydrogen-bond acceptors (Lipinski definition) is 3. The lowest BCUT2D eigenvalue weighted by molar-refractivity contribution is -0.128. The standard InChI is InChI=1S/C10H13BrN2O2/c1-2-9(10(14)13-12)15-8-5-3-4-7(11)6-8/h3-6,9H,2,12H2,1H3,(H,13,14). The highest BCUT2D eigenvalue weighted by Crippen LogP contribution is 2.19.